The number of nitrogens with one attached hydrogen (secondary N) is 2. The third-order valence-corrected chi connectivity index (χ3v) is 6.04. The van der Waals surface area contributed by atoms with Crippen LogP contribution >= 0.6 is 0 Å². The molecule has 4 aromatic rings. The zero-order valence-corrected chi connectivity index (χ0v) is 19.8. The molecule has 1 aromatic heterocycles. The second-order valence-corrected chi connectivity index (χ2v) is 8.74. The van der Waals surface area contributed by atoms with E-state index >= 15 is 0 Å². The molecule has 0 radical (unpaired) electrons. The van der Waals surface area contributed by atoms with Gasteiger partial charge in [-0.15, -0.1) is 0 Å². The van der Waals surface area contributed by atoms with Gasteiger partial charge in [-0.25, -0.2) is 15.3 Å². The molecule has 1 amide bonds. The number of ketones is 1. The van der Waals surface area contributed by atoms with Crippen molar-refractivity contribution in [2.75, 3.05) is 6.61 Å². The maximum atomic E-state index is 12.7. The highest BCUT2D eigenvalue weighted by molar-refractivity contribution is 6.10. The monoisotopic (exact) mass is 481 g/mol. The first kappa shape index (κ1) is 23.7. The van der Waals surface area contributed by atoms with E-state index in [9.17, 15) is 9.59 Å². The van der Waals surface area contributed by atoms with Crippen LogP contribution in [0.1, 0.15) is 52.1 Å². The highest BCUT2D eigenvalue weighted by atomic mass is 16.8. The molecule has 2 heterocycles. The Kier molecular flexibility index (Phi) is 7.30. The summed E-state index contributed by atoms with van der Waals surface area (Å²) in [6.07, 6.45) is 6.26. The number of H-pyrrole nitrogens is 1. The number of hydroxylamine groups is 1. The second-order valence-electron chi connectivity index (χ2n) is 8.74. The van der Waals surface area contributed by atoms with Gasteiger partial charge < -0.3 is 9.72 Å². The van der Waals surface area contributed by atoms with Crippen LogP contribution in [0.2, 0.25) is 0 Å². The van der Waals surface area contributed by atoms with Crippen LogP contribution in [0.15, 0.2) is 78.9 Å². The number of carbonyl (C=O) groups is 2. The average Bonchev–Trinajstić information content (AvgIpc) is 3.33. The molecule has 1 aliphatic heterocycles. The van der Waals surface area contributed by atoms with Crippen molar-refractivity contribution in [3.05, 3.63) is 107 Å². The van der Waals surface area contributed by atoms with Crippen LogP contribution in [0.25, 0.3) is 17.1 Å². The Hall–Kier alpha value is -4.07. The van der Waals surface area contributed by atoms with Crippen LogP contribution in [0.3, 0.4) is 0 Å². The van der Waals surface area contributed by atoms with E-state index in [1.807, 2.05) is 72.8 Å². The molecule has 3 aromatic carbocycles. The number of carbonyl (C=O) groups excluding carboxylic acids is 2. The number of rotatable bonds is 8. The Morgan fingerprint density at radius 2 is 1.86 bits per heavy atom. The van der Waals surface area contributed by atoms with Crippen molar-refractivity contribution >= 4 is 28.8 Å². The van der Waals surface area contributed by atoms with Gasteiger partial charge in [-0.05, 0) is 48.2 Å². The molecule has 1 atom stereocenters. The number of hydrogen-bond donors (Lipinski definition) is 2. The molecule has 0 spiro atoms. The number of fused-ring (bicyclic) bond motifs is 1. The Bertz CT molecular complexity index is 1370. The zero-order valence-electron chi connectivity index (χ0n) is 19.8. The first-order valence-electron chi connectivity index (χ1n) is 12.1. The first-order valence-corrected chi connectivity index (χ1v) is 12.1. The van der Waals surface area contributed by atoms with E-state index in [0.717, 1.165) is 47.2 Å². The Morgan fingerprint density at radius 3 is 2.64 bits per heavy atom. The minimum atomic E-state index is -0.371. The lowest BCUT2D eigenvalue weighted by Crippen LogP contribution is -2.32. The molecule has 1 fully saturated rings. The Morgan fingerprint density at radius 1 is 1.03 bits per heavy atom. The van der Waals surface area contributed by atoms with E-state index in [1.165, 1.54) is 6.08 Å². The standard InChI is InChI=1S/C29H27N3O4/c33-27(32-36-28-8-4-5-17-35-28)16-13-20-9-11-21(12-10-20)18-26-30-24-15-14-23(19-25(24)31-26)29(34)22-6-2-1-3-7-22/h1-3,6-7,9-16,19,28H,4-5,8,17-18H2,(H,30,31)(H,32,33). The number of aromatic nitrogens is 2. The number of aromatic amines is 1. The fourth-order valence-corrected chi connectivity index (χ4v) is 4.12. The lowest BCUT2D eigenvalue weighted by molar-refractivity contribution is -0.198. The number of ether oxygens (including phenoxy) is 1. The van der Waals surface area contributed by atoms with Crippen molar-refractivity contribution in [2.45, 2.75) is 32.0 Å². The SMILES string of the molecule is O=C(C=Cc1ccc(Cc2nc3ccc(C(=O)c4ccccc4)cc3[nH]2)cc1)NOC1CCCCO1. The summed E-state index contributed by atoms with van der Waals surface area (Å²) < 4.78 is 5.42. The van der Waals surface area contributed by atoms with E-state index < -0.39 is 0 Å². The van der Waals surface area contributed by atoms with Gasteiger partial charge in [0.1, 0.15) is 5.82 Å². The predicted octanol–water partition coefficient (Wildman–Crippen LogP) is 4.97. The van der Waals surface area contributed by atoms with Crippen molar-refractivity contribution < 1.29 is 19.2 Å². The van der Waals surface area contributed by atoms with Crippen molar-refractivity contribution in [1.82, 2.24) is 15.4 Å². The molecule has 0 aliphatic carbocycles. The molecule has 1 unspecified atom stereocenters. The summed E-state index contributed by atoms with van der Waals surface area (Å²) in [4.78, 5) is 38.0. The highest BCUT2D eigenvalue weighted by Gasteiger charge is 2.15. The highest BCUT2D eigenvalue weighted by Crippen LogP contribution is 2.19. The van der Waals surface area contributed by atoms with Crippen LogP contribution < -0.4 is 5.48 Å². The zero-order chi connectivity index (χ0) is 24.7. The summed E-state index contributed by atoms with van der Waals surface area (Å²) in [6, 6.07) is 22.7. The van der Waals surface area contributed by atoms with Gasteiger partial charge in [0.15, 0.2) is 12.1 Å². The van der Waals surface area contributed by atoms with Crippen molar-refractivity contribution in [2.24, 2.45) is 0 Å². The van der Waals surface area contributed by atoms with Gasteiger partial charge in [-0.1, -0.05) is 54.6 Å². The number of imidazole rings is 1. The number of nitrogens with zero attached hydrogens (tertiary/aromatic N) is 1. The van der Waals surface area contributed by atoms with E-state index in [2.05, 4.69) is 15.4 Å². The van der Waals surface area contributed by atoms with Gasteiger partial charge in [0.25, 0.3) is 5.91 Å². The largest absolute Gasteiger partial charge is 0.350 e. The number of benzene rings is 3. The Labute approximate surface area is 209 Å². The summed E-state index contributed by atoms with van der Waals surface area (Å²) >= 11 is 0. The van der Waals surface area contributed by atoms with E-state index in [0.29, 0.717) is 24.2 Å². The third kappa shape index (κ3) is 5.94. The van der Waals surface area contributed by atoms with Crippen molar-refractivity contribution in [1.29, 1.82) is 0 Å². The topological polar surface area (TPSA) is 93.3 Å². The van der Waals surface area contributed by atoms with Gasteiger partial charge in [0.2, 0.25) is 0 Å². The van der Waals surface area contributed by atoms with Crippen LogP contribution in [0, 0.1) is 0 Å². The Balaban J connectivity index is 1.18. The molecule has 0 saturated carbocycles. The minimum Gasteiger partial charge on any atom is -0.350 e. The molecule has 1 saturated heterocycles. The summed E-state index contributed by atoms with van der Waals surface area (Å²) in [5, 5.41) is 0. The van der Waals surface area contributed by atoms with Crippen molar-refractivity contribution in [3.8, 4) is 0 Å². The van der Waals surface area contributed by atoms with Crippen LogP contribution in [0.5, 0.6) is 0 Å². The van der Waals surface area contributed by atoms with Crippen LogP contribution in [-0.4, -0.2) is 34.6 Å². The summed E-state index contributed by atoms with van der Waals surface area (Å²) in [5.41, 5.74) is 7.33. The quantitative estimate of drug-likeness (QED) is 0.211. The van der Waals surface area contributed by atoms with Gasteiger partial charge in [-0.2, -0.15) is 0 Å². The van der Waals surface area contributed by atoms with Gasteiger partial charge in [-0.3, -0.25) is 9.59 Å². The molecule has 36 heavy (non-hydrogen) atoms. The third-order valence-electron chi connectivity index (χ3n) is 6.04. The summed E-state index contributed by atoms with van der Waals surface area (Å²) in [6.45, 7) is 0.658. The first-order chi connectivity index (χ1) is 17.6. The van der Waals surface area contributed by atoms with Crippen LogP contribution in [-0.2, 0) is 20.8 Å². The van der Waals surface area contributed by atoms with Gasteiger partial charge >= 0.3 is 0 Å². The minimum absolute atomic E-state index is 0.0140. The predicted molar refractivity (Wildman–Crippen MR) is 137 cm³/mol. The fourth-order valence-electron chi connectivity index (χ4n) is 4.12. The molecule has 5 rings (SSSR count). The molecule has 2 N–H and O–H groups in total. The maximum Gasteiger partial charge on any atom is 0.267 e. The molecule has 182 valence electrons. The van der Waals surface area contributed by atoms with E-state index in [-0.39, 0.29) is 18.0 Å². The molecular formula is C29H27N3O4. The van der Waals surface area contributed by atoms with E-state index in [1.54, 1.807) is 6.08 Å². The van der Waals surface area contributed by atoms with Gasteiger partial charge in [0.05, 0.1) is 11.0 Å². The average molecular weight is 482 g/mol. The van der Waals surface area contributed by atoms with Crippen LogP contribution in [0.4, 0.5) is 0 Å². The lowest BCUT2D eigenvalue weighted by Gasteiger charge is -2.21. The van der Waals surface area contributed by atoms with Crippen molar-refractivity contribution in [3.63, 3.8) is 0 Å². The smallest absolute Gasteiger partial charge is 0.267 e. The summed E-state index contributed by atoms with van der Waals surface area (Å²) in [7, 11) is 0. The molecule has 1 aliphatic rings. The normalized spacial score (nSPS) is 15.8. The van der Waals surface area contributed by atoms with Gasteiger partial charge in [0, 0.05) is 36.7 Å². The van der Waals surface area contributed by atoms with E-state index in [4.69, 9.17) is 9.57 Å². The lowest BCUT2D eigenvalue weighted by atomic mass is 10.0. The fraction of sp³-hybridized carbons (Fsp3) is 0.207. The molecule has 0 bridgehead atoms. The maximum absolute atomic E-state index is 12.7. The molecular weight excluding hydrogens is 454 g/mol. The number of amides is 1. The molecule has 7 heteroatoms. The number of hydrogen-bond acceptors (Lipinski definition) is 5. The molecule has 7 nitrogen and oxygen atoms in total. The summed E-state index contributed by atoms with van der Waals surface area (Å²) in [5.74, 6) is 0.472. The second kappa shape index (κ2) is 11.1.